The summed E-state index contributed by atoms with van der Waals surface area (Å²) in [6.07, 6.45) is -4.07. The van der Waals surface area contributed by atoms with Crippen LogP contribution < -0.4 is 5.73 Å². The smallest absolute Gasteiger partial charge is 0.324 e. The van der Waals surface area contributed by atoms with Gasteiger partial charge in [-0.15, -0.1) is 0 Å². The van der Waals surface area contributed by atoms with E-state index in [9.17, 15) is 13.2 Å². The molecular formula is C15H18F3N3. The van der Waals surface area contributed by atoms with Crippen molar-refractivity contribution in [3.8, 4) is 0 Å². The van der Waals surface area contributed by atoms with E-state index in [0.29, 0.717) is 13.0 Å². The van der Waals surface area contributed by atoms with Crippen LogP contribution in [0.3, 0.4) is 0 Å². The van der Waals surface area contributed by atoms with Gasteiger partial charge in [0.2, 0.25) is 0 Å². The normalized spacial score (nSPS) is 13.4. The number of halogens is 3. The van der Waals surface area contributed by atoms with Crippen LogP contribution in [0.1, 0.15) is 35.5 Å². The molecule has 0 saturated carbocycles. The summed E-state index contributed by atoms with van der Waals surface area (Å²) in [6, 6.07) is 6.60. The van der Waals surface area contributed by atoms with Gasteiger partial charge in [-0.05, 0) is 31.5 Å². The number of hydrogen-bond acceptors (Lipinski definition) is 2. The predicted molar refractivity (Wildman–Crippen MR) is 74.7 cm³/mol. The molecule has 1 heterocycles. The molecule has 0 fully saturated rings. The first-order chi connectivity index (χ1) is 9.82. The third-order valence-electron chi connectivity index (χ3n) is 3.38. The molecule has 1 atom stereocenters. The number of alkyl halides is 3. The van der Waals surface area contributed by atoms with Crippen LogP contribution in [0, 0.1) is 6.92 Å². The summed E-state index contributed by atoms with van der Waals surface area (Å²) in [6.45, 7) is 4.45. The van der Waals surface area contributed by atoms with Gasteiger partial charge < -0.3 is 5.73 Å². The zero-order valence-corrected chi connectivity index (χ0v) is 12.0. The molecule has 6 heteroatoms. The standard InChI is InChI=1S/C15H18F3N3/c1-3-21-11(8-10(2)20-21)9-14(19)12-6-4-5-7-13(12)15(16,17)18/h4-8,14H,3,9,19H2,1-2H3. The van der Waals surface area contributed by atoms with E-state index >= 15 is 0 Å². The Morgan fingerprint density at radius 1 is 1.29 bits per heavy atom. The Hall–Kier alpha value is -1.82. The Labute approximate surface area is 121 Å². The quantitative estimate of drug-likeness (QED) is 0.939. The molecule has 21 heavy (non-hydrogen) atoms. The second-order valence-electron chi connectivity index (χ2n) is 4.99. The fraction of sp³-hybridized carbons (Fsp3) is 0.400. The van der Waals surface area contributed by atoms with Crippen molar-refractivity contribution in [1.82, 2.24) is 9.78 Å². The molecule has 2 aromatic rings. The lowest BCUT2D eigenvalue weighted by molar-refractivity contribution is -0.138. The van der Waals surface area contributed by atoms with Crippen LogP contribution >= 0.6 is 0 Å². The highest BCUT2D eigenvalue weighted by atomic mass is 19.4. The lowest BCUT2D eigenvalue weighted by Gasteiger charge is -2.18. The first-order valence-corrected chi connectivity index (χ1v) is 6.78. The van der Waals surface area contributed by atoms with Crippen molar-refractivity contribution in [3.63, 3.8) is 0 Å². The summed E-state index contributed by atoms with van der Waals surface area (Å²) in [5.41, 5.74) is 7.15. The summed E-state index contributed by atoms with van der Waals surface area (Å²) >= 11 is 0. The van der Waals surface area contributed by atoms with E-state index < -0.39 is 17.8 Å². The first kappa shape index (κ1) is 15.6. The van der Waals surface area contributed by atoms with E-state index in [1.807, 2.05) is 19.9 Å². The second kappa shape index (κ2) is 5.89. The van der Waals surface area contributed by atoms with Crippen molar-refractivity contribution in [2.75, 3.05) is 0 Å². The Morgan fingerprint density at radius 2 is 1.95 bits per heavy atom. The number of benzene rings is 1. The topological polar surface area (TPSA) is 43.8 Å². The van der Waals surface area contributed by atoms with Crippen molar-refractivity contribution in [3.05, 3.63) is 52.8 Å². The van der Waals surface area contributed by atoms with E-state index in [1.165, 1.54) is 12.1 Å². The Balaban J connectivity index is 2.31. The van der Waals surface area contributed by atoms with Gasteiger partial charge in [0.25, 0.3) is 0 Å². The number of hydrogen-bond donors (Lipinski definition) is 1. The summed E-state index contributed by atoms with van der Waals surface area (Å²) in [5.74, 6) is 0. The summed E-state index contributed by atoms with van der Waals surface area (Å²) in [5, 5.41) is 4.29. The van der Waals surface area contributed by atoms with Crippen molar-refractivity contribution in [1.29, 1.82) is 0 Å². The average Bonchev–Trinajstić information content (AvgIpc) is 2.77. The summed E-state index contributed by atoms with van der Waals surface area (Å²) in [4.78, 5) is 0. The lowest BCUT2D eigenvalue weighted by Crippen LogP contribution is -2.20. The number of aryl methyl sites for hydroxylation is 2. The zero-order chi connectivity index (χ0) is 15.6. The fourth-order valence-electron chi connectivity index (χ4n) is 2.45. The van der Waals surface area contributed by atoms with Crippen molar-refractivity contribution < 1.29 is 13.2 Å². The molecule has 0 aliphatic rings. The van der Waals surface area contributed by atoms with Crippen LogP contribution in [0.15, 0.2) is 30.3 Å². The second-order valence-corrected chi connectivity index (χ2v) is 4.99. The van der Waals surface area contributed by atoms with Crippen LogP contribution in [0.25, 0.3) is 0 Å². The molecule has 1 aromatic carbocycles. The van der Waals surface area contributed by atoms with Gasteiger partial charge in [0, 0.05) is 24.7 Å². The maximum atomic E-state index is 13.0. The minimum atomic E-state index is -4.39. The van der Waals surface area contributed by atoms with Crippen molar-refractivity contribution in [2.24, 2.45) is 5.73 Å². The molecule has 0 aliphatic carbocycles. The molecular weight excluding hydrogens is 279 g/mol. The van der Waals surface area contributed by atoms with Gasteiger partial charge in [0.1, 0.15) is 0 Å². The Bertz CT molecular complexity index is 617. The van der Waals surface area contributed by atoms with E-state index in [0.717, 1.165) is 17.5 Å². The SMILES string of the molecule is CCn1nc(C)cc1CC(N)c1ccccc1C(F)(F)F. The number of rotatable bonds is 4. The van der Waals surface area contributed by atoms with Crippen LogP contribution in [0.2, 0.25) is 0 Å². The van der Waals surface area contributed by atoms with Gasteiger partial charge in [-0.3, -0.25) is 4.68 Å². The monoisotopic (exact) mass is 297 g/mol. The number of aromatic nitrogens is 2. The molecule has 1 unspecified atom stereocenters. The molecule has 3 nitrogen and oxygen atoms in total. The molecule has 0 spiro atoms. The van der Waals surface area contributed by atoms with Crippen LogP contribution in [0.5, 0.6) is 0 Å². The van der Waals surface area contributed by atoms with Gasteiger partial charge in [-0.1, -0.05) is 18.2 Å². The van der Waals surface area contributed by atoms with Crippen molar-refractivity contribution in [2.45, 2.75) is 39.0 Å². The zero-order valence-electron chi connectivity index (χ0n) is 12.0. The van der Waals surface area contributed by atoms with E-state index in [4.69, 9.17) is 5.73 Å². The lowest BCUT2D eigenvalue weighted by atomic mass is 9.97. The molecule has 0 aliphatic heterocycles. The highest BCUT2D eigenvalue weighted by Crippen LogP contribution is 2.34. The van der Waals surface area contributed by atoms with Crippen LogP contribution in [-0.4, -0.2) is 9.78 Å². The molecule has 0 bridgehead atoms. The molecule has 1 aromatic heterocycles. The molecule has 0 saturated heterocycles. The van der Waals surface area contributed by atoms with E-state index in [1.54, 1.807) is 10.7 Å². The highest BCUT2D eigenvalue weighted by Gasteiger charge is 2.34. The van der Waals surface area contributed by atoms with Gasteiger partial charge in [-0.2, -0.15) is 18.3 Å². The molecule has 2 N–H and O–H groups in total. The Morgan fingerprint density at radius 3 is 2.57 bits per heavy atom. The summed E-state index contributed by atoms with van der Waals surface area (Å²) < 4.78 is 40.8. The third-order valence-corrected chi connectivity index (χ3v) is 3.38. The Kier molecular flexibility index (Phi) is 4.37. The molecule has 0 amide bonds. The maximum absolute atomic E-state index is 13.0. The van der Waals surface area contributed by atoms with Gasteiger partial charge in [0.05, 0.1) is 11.3 Å². The minimum Gasteiger partial charge on any atom is -0.324 e. The number of nitrogens with two attached hydrogens (primary N) is 1. The van der Waals surface area contributed by atoms with Gasteiger partial charge in [0.15, 0.2) is 0 Å². The molecule has 114 valence electrons. The molecule has 0 radical (unpaired) electrons. The van der Waals surface area contributed by atoms with Crippen molar-refractivity contribution >= 4 is 0 Å². The van der Waals surface area contributed by atoms with Crippen LogP contribution in [0.4, 0.5) is 13.2 Å². The predicted octanol–water partition coefficient (Wildman–Crippen LogP) is 3.47. The number of nitrogens with zero attached hydrogens (tertiary/aromatic N) is 2. The third kappa shape index (κ3) is 3.44. The maximum Gasteiger partial charge on any atom is 0.416 e. The molecule has 2 rings (SSSR count). The van der Waals surface area contributed by atoms with E-state index in [2.05, 4.69) is 5.10 Å². The van der Waals surface area contributed by atoms with E-state index in [-0.39, 0.29) is 5.56 Å². The largest absolute Gasteiger partial charge is 0.416 e. The average molecular weight is 297 g/mol. The highest BCUT2D eigenvalue weighted by molar-refractivity contribution is 5.33. The van der Waals surface area contributed by atoms with Gasteiger partial charge >= 0.3 is 6.18 Å². The first-order valence-electron chi connectivity index (χ1n) is 6.78. The fourth-order valence-corrected chi connectivity index (χ4v) is 2.45. The summed E-state index contributed by atoms with van der Waals surface area (Å²) in [7, 11) is 0. The minimum absolute atomic E-state index is 0.117. The van der Waals surface area contributed by atoms with Gasteiger partial charge in [-0.25, -0.2) is 0 Å². The van der Waals surface area contributed by atoms with Crippen LogP contribution in [-0.2, 0) is 19.1 Å².